The number of amides is 2. The Morgan fingerprint density at radius 1 is 1.04 bits per heavy atom. The topological polar surface area (TPSA) is 58.6 Å². The average molecular weight is 346 g/mol. The molecule has 0 saturated carbocycles. The van der Waals surface area contributed by atoms with Crippen molar-refractivity contribution in [3.8, 4) is 5.75 Å². The molecule has 0 spiro atoms. The Balaban J connectivity index is 1.85. The molecule has 5 nitrogen and oxygen atoms in total. The van der Waals surface area contributed by atoms with Gasteiger partial charge in [-0.15, -0.1) is 0 Å². The highest BCUT2D eigenvalue weighted by Gasteiger charge is 2.39. The molecule has 2 amide bonds. The summed E-state index contributed by atoms with van der Waals surface area (Å²) in [5, 5.41) is 3.24. The zero-order valence-electron chi connectivity index (χ0n) is 15.4. The highest BCUT2D eigenvalue weighted by molar-refractivity contribution is 6.22. The summed E-state index contributed by atoms with van der Waals surface area (Å²) in [6, 6.07) is 6.76. The van der Waals surface area contributed by atoms with Crippen LogP contribution in [0.2, 0.25) is 0 Å². The third kappa shape index (κ3) is 5.56. The molecular formula is C20H30N2O3. The summed E-state index contributed by atoms with van der Waals surface area (Å²) in [6.45, 7) is 5.68. The van der Waals surface area contributed by atoms with Crippen molar-refractivity contribution < 1.29 is 14.3 Å². The van der Waals surface area contributed by atoms with E-state index in [1.54, 1.807) is 24.3 Å². The van der Waals surface area contributed by atoms with Gasteiger partial charge in [0.15, 0.2) is 0 Å². The largest absolute Gasteiger partial charge is 0.494 e. The van der Waals surface area contributed by atoms with Crippen LogP contribution < -0.4 is 15.0 Å². The van der Waals surface area contributed by atoms with Crippen LogP contribution in [0.5, 0.6) is 5.75 Å². The number of carbonyl (C=O) groups is 2. The molecule has 1 aromatic carbocycles. The molecule has 0 bridgehead atoms. The van der Waals surface area contributed by atoms with Crippen LogP contribution in [-0.2, 0) is 9.59 Å². The van der Waals surface area contributed by atoms with Crippen LogP contribution in [0.1, 0.15) is 58.8 Å². The van der Waals surface area contributed by atoms with Crippen LogP contribution in [0.25, 0.3) is 0 Å². The quantitative estimate of drug-likeness (QED) is 0.491. The van der Waals surface area contributed by atoms with Gasteiger partial charge in [-0.2, -0.15) is 0 Å². The van der Waals surface area contributed by atoms with Gasteiger partial charge in [0, 0.05) is 0 Å². The zero-order valence-corrected chi connectivity index (χ0v) is 15.4. The second-order valence-corrected chi connectivity index (χ2v) is 6.53. The lowest BCUT2D eigenvalue weighted by Gasteiger charge is -2.16. The lowest BCUT2D eigenvalue weighted by atomic mass is 10.1. The molecule has 1 unspecified atom stereocenters. The maximum atomic E-state index is 12.6. The molecule has 1 saturated heterocycles. The standard InChI is InChI=1S/C20H30N2O3/c1-3-5-6-7-8-13-21-18-15-19(23)22(20(18)24)16-9-11-17(12-10-16)25-14-4-2/h9-12,18,21H,3-8,13-15H2,1-2H3. The van der Waals surface area contributed by atoms with E-state index >= 15 is 0 Å². The Labute approximate surface area is 150 Å². The number of anilines is 1. The molecule has 0 aromatic heterocycles. The van der Waals surface area contributed by atoms with Gasteiger partial charge in [-0.3, -0.25) is 9.59 Å². The number of ether oxygens (including phenoxy) is 1. The summed E-state index contributed by atoms with van der Waals surface area (Å²) >= 11 is 0. The van der Waals surface area contributed by atoms with Crippen molar-refractivity contribution >= 4 is 17.5 Å². The van der Waals surface area contributed by atoms with Crippen molar-refractivity contribution in [2.75, 3.05) is 18.1 Å². The van der Waals surface area contributed by atoms with Crippen LogP contribution in [0.3, 0.4) is 0 Å². The summed E-state index contributed by atoms with van der Waals surface area (Å²) in [7, 11) is 0. The molecule has 0 radical (unpaired) electrons. The summed E-state index contributed by atoms with van der Waals surface area (Å²) in [5.41, 5.74) is 0.617. The van der Waals surface area contributed by atoms with E-state index in [1.165, 1.54) is 30.6 Å². The van der Waals surface area contributed by atoms with E-state index in [4.69, 9.17) is 4.74 Å². The predicted octanol–water partition coefficient (Wildman–Crippen LogP) is 3.67. The van der Waals surface area contributed by atoms with Gasteiger partial charge in [0.1, 0.15) is 5.75 Å². The van der Waals surface area contributed by atoms with E-state index in [1.807, 2.05) is 6.92 Å². The predicted molar refractivity (Wildman–Crippen MR) is 99.9 cm³/mol. The fourth-order valence-corrected chi connectivity index (χ4v) is 2.98. The molecule has 1 fully saturated rings. The Hall–Kier alpha value is -1.88. The van der Waals surface area contributed by atoms with Gasteiger partial charge >= 0.3 is 0 Å². The first-order chi connectivity index (χ1) is 12.2. The van der Waals surface area contributed by atoms with Crippen LogP contribution in [0.15, 0.2) is 24.3 Å². The fourth-order valence-electron chi connectivity index (χ4n) is 2.98. The molecular weight excluding hydrogens is 316 g/mol. The van der Waals surface area contributed by atoms with Gasteiger partial charge in [-0.05, 0) is 43.7 Å². The van der Waals surface area contributed by atoms with Crippen LogP contribution >= 0.6 is 0 Å². The summed E-state index contributed by atoms with van der Waals surface area (Å²) in [6.07, 6.45) is 7.10. The maximum absolute atomic E-state index is 12.6. The number of nitrogens with zero attached hydrogens (tertiary/aromatic N) is 1. The number of benzene rings is 1. The minimum atomic E-state index is -0.394. The molecule has 1 aliphatic rings. The first-order valence-electron chi connectivity index (χ1n) is 9.50. The number of imide groups is 1. The van der Waals surface area contributed by atoms with E-state index in [0.29, 0.717) is 12.3 Å². The molecule has 1 atom stereocenters. The highest BCUT2D eigenvalue weighted by Crippen LogP contribution is 2.25. The third-order valence-corrected chi connectivity index (χ3v) is 4.39. The molecule has 25 heavy (non-hydrogen) atoms. The Kier molecular flexibility index (Phi) is 7.92. The van der Waals surface area contributed by atoms with E-state index in [0.717, 1.165) is 25.1 Å². The molecule has 5 heteroatoms. The normalized spacial score (nSPS) is 17.4. The van der Waals surface area contributed by atoms with Gasteiger partial charge in [-0.25, -0.2) is 4.90 Å². The second-order valence-electron chi connectivity index (χ2n) is 6.53. The first-order valence-corrected chi connectivity index (χ1v) is 9.50. The van der Waals surface area contributed by atoms with Crippen molar-refractivity contribution in [3.05, 3.63) is 24.3 Å². The van der Waals surface area contributed by atoms with Crippen LogP contribution in [0.4, 0.5) is 5.69 Å². The van der Waals surface area contributed by atoms with E-state index in [-0.39, 0.29) is 18.2 Å². The fraction of sp³-hybridized carbons (Fsp3) is 0.600. The maximum Gasteiger partial charge on any atom is 0.251 e. The monoisotopic (exact) mass is 346 g/mol. The number of unbranched alkanes of at least 4 members (excludes halogenated alkanes) is 4. The third-order valence-electron chi connectivity index (χ3n) is 4.39. The van der Waals surface area contributed by atoms with E-state index in [2.05, 4.69) is 12.2 Å². The highest BCUT2D eigenvalue weighted by atomic mass is 16.5. The number of hydrogen-bond donors (Lipinski definition) is 1. The molecule has 1 aromatic rings. The van der Waals surface area contributed by atoms with Gasteiger partial charge < -0.3 is 10.1 Å². The average Bonchev–Trinajstić information content (AvgIpc) is 2.90. The van der Waals surface area contributed by atoms with Crippen molar-refractivity contribution in [1.29, 1.82) is 0 Å². The SMILES string of the molecule is CCCCCCCNC1CC(=O)N(c2ccc(OCCC)cc2)C1=O. The summed E-state index contributed by atoms with van der Waals surface area (Å²) in [4.78, 5) is 26.1. The lowest BCUT2D eigenvalue weighted by Crippen LogP contribution is -2.39. The minimum Gasteiger partial charge on any atom is -0.494 e. The Morgan fingerprint density at radius 3 is 2.44 bits per heavy atom. The number of carbonyl (C=O) groups excluding carboxylic acids is 2. The first kappa shape index (κ1) is 19.4. The molecule has 1 heterocycles. The van der Waals surface area contributed by atoms with Crippen molar-refractivity contribution in [2.24, 2.45) is 0 Å². The van der Waals surface area contributed by atoms with Gasteiger partial charge in [0.25, 0.3) is 5.91 Å². The summed E-state index contributed by atoms with van der Waals surface area (Å²) in [5.74, 6) is 0.461. The molecule has 1 aliphatic heterocycles. The minimum absolute atomic E-state index is 0.143. The Bertz CT molecular complexity index is 557. The van der Waals surface area contributed by atoms with E-state index < -0.39 is 6.04 Å². The number of hydrogen-bond acceptors (Lipinski definition) is 4. The van der Waals surface area contributed by atoms with Crippen molar-refractivity contribution in [3.63, 3.8) is 0 Å². The van der Waals surface area contributed by atoms with Gasteiger partial charge in [0.05, 0.1) is 24.8 Å². The molecule has 0 aliphatic carbocycles. The second kappa shape index (κ2) is 10.2. The van der Waals surface area contributed by atoms with Crippen LogP contribution in [0, 0.1) is 0 Å². The molecule has 2 rings (SSSR count). The van der Waals surface area contributed by atoms with Crippen LogP contribution in [-0.4, -0.2) is 31.0 Å². The molecule has 138 valence electrons. The summed E-state index contributed by atoms with van der Waals surface area (Å²) < 4.78 is 5.54. The van der Waals surface area contributed by atoms with Gasteiger partial charge in [-0.1, -0.05) is 39.5 Å². The Morgan fingerprint density at radius 2 is 1.76 bits per heavy atom. The number of nitrogens with one attached hydrogen (secondary N) is 1. The van der Waals surface area contributed by atoms with Crippen molar-refractivity contribution in [2.45, 2.75) is 64.8 Å². The molecule has 1 N–H and O–H groups in total. The smallest absolute Gasteiger partial charge is 0.251 e. The van der Waals surface area contributed by atoms with Crippen molar-refractivity contribution in [1.82, 2.24) is 5.32 Å². The van der Waals surface area contributed by atoms with E-state index in [9.17, 15) is 9.59 Å². The number of rotatable bonds is 11. The lowest BCUT2D eigenvalue weighted by molar-refractivity contribution is -0.121. The van der Waals surface area contributed by atoms with Gasteiger partial charge in [0.2, 0.25) is 5.91 Å². The zero-order chi connectivity index (χ0) is 18.1.